The second-order valence-electron chi connectivity index (χ2n) is 4.15. The molecule has 2 aromatic rings. The maximum Gasteiger partial charge on any atom is 0.151 e. The predicted molar refractivity (Wildman–Crippen MR) is 63.0 cm³/mol. The molecular weight excluding hydrogens is 204 g/mol. The SMILES string of the molecule is c1ccc2sc([C@@H]3CCCC[NH2+]3)nc2c1. The van der Waals surface area contributed by atoms with E-state index in [1.807, 2.05) is 11.3 Å². The molecule has 3 rings (SSSR count). The van der Waals surface area contributed by atoms with E-state index < -0.39 is 0 Å². The zero-order valence-electron chi connectivity index (χ0n) is 8.65. The van der Waals surface area contributed by atoms with Crippen LogP contribution in [0.1, 0.15) is 30.3 Å². The summed E-state index contributed by atoms with van der Waals surface area (Å²) < 4.78 is 1.33. The third kappa shape index (κ3) is 1.77. The normalized spacial score (nSPS) is 22.0. The van der Waals surface area contributed by atoms with E-state index in [0.717, 1.165) is 5.52 Å². The third-order valence-electron chi connectivity index (χ3n) is 3.05. The van der Waals surface area contributed by atoms with Crippen LogP contribution >= 0.6 is 11.3 Å². The zero-order valence-corrected chi connectivity index (χ0v) is 9.46. The Hall–Kier alpha value is -0.930. The molecular formula is C12H15N2S+. The maximum absolute atomic E-state index is 4.72. The first-order chi connectivity index (χ1) is 7.43. The van der Waals surface area contributed by atoms with Crippen molar-refractivity contribution in [1.82, 2.24) is 4.98 Å². The summed E-state index contributed by atoms with van der Waals surface area (Å²) >= 11 is 1.86. The molecule has 2 nitrogen and oxygen atoms in total. The Balaban J connectivity index is 1.96. The summed E-state index contributed by atoms with van der Waals surface area (Å²) in [7, 11) is 0. The van der Waals surface area contributed by atoms with Crippen molar-refractivity contribution in [2.75, 3.05) is 6.54 Å². The summed E-state index contributed by atoms with van der Waals surface area (Å²) in [6.07, 6.45) is 4.01. The lowest BCUT2D eigenvalue weighted by Gasteiger charge is -2.17. The van der Waals surface area contributed by atoms with Crippen molar-refractivity contribution in [3.8, 4) is 0 Å². The van der Waals surface area contributed by atoms with Crippen LogP contribution in [0.3, 0.4) is 0 Å². The summed E-state index contributed by atoms with van der Waals surface area (Å²) in [5.74, 6) is 0. The Bertz CT molecular complexity index is 424. The van der Waals surface area contributed by atoms with Gasteiger partial charge in [-0.15, -0.1) is 11.3 Å². The van der Waals surface area contributed by atoms with Crippen molar-refractivity contribution in [1.29, 1.82) is 0 Å². The minimum absolute atomic E-state index is 0.621. The molecule has 0 saturated carbocycles. The molecule has 1 fully saturated rings. The van der Waals surface area contributed by atoms with Gasteiger partial charge in [-0.2, -0.15) is 0 Å². The first kappa shape index (κ1) is 9.31. The van der Waals surface area contributed by atoms with Crippen LogP contribution in [-0.2, 0) is 0 Å². The predicted octanol–water partition coefficient (Wildman–Crippen LogP) is 2.08. The van der Waals surface area contributed by atoms with Gasteiger partial charge in [0.25, 0.3) is 0 Å². The Morgan fingerprint density at radius 1 is 1.27 bits per heavy atom. The number of nitrogens with zero attached hydrogens (tertiary/aromatic N) is 1. The van der Waals surface area contributed by atoms with Gasteiger partial charge in [0.05, 0.1) is 16.8 Å². The molecule has 2 heterocycles. The number of hydrogen-bond donors (Lipinski definition) is 1. The summed E-state index contributed by atoms with van der Waals surface area (Å²) in [6.45, 7) is 1.26. The molecule has 1 aromatic carbocycles. The van der Waals surface area contributed by atoms with E-state index in [-0.39, 0.29) is 0 Å². The molecule has 1 aliphatic rings. The molecule has 1 saturated heterocycles. The minimum atomic E-state index is 0.621. The molecule has 0 spiro atoms. The minimum Gasteiger partial charge on any atom is -0.338 e. The molecule has 15 heavy (non-hydrogen) atoms. The highest BCUT2D eigenvalue weighted by Crippen LogP contribution is 2.27. The molecule has 0 unspecified atom stereocenters. The van der Waals surface area contributed by atoms with Crippen molar-refractivity contribution in [3.63, 3.8) is 0 Å². The van der Waals surface area contributed by atoms with Crippen LogP contribution in [0.5, 0.6) is 0 Å². The van der Waals surface area contributed by atoms with E-state index in [2.05, 4.69) is 29.6 Å². The number of nitrogens with two attached hydrogens (primary N) is 1. The molecule has 78 valence electrons. The van der Waals surface area contributed by atoms with Crippen LogP contribution in [0.2, 0.25) is 0 Å². The van der Waals surface area contributed by atoms with Gasteiger partial charge in [-0.25, -0.2) is 4.98 Å². The third-order valence-corrected chi connectivity index (χ3v) is 4.22. The molecule has 1 atom stereocenters. The number of piperidine rings is 1. The van der Waals surface area contributed by atoms with E-state index in [1.165, 1.54) is 35.5 Å². The standard InChI is InChI=1S/C12H14N2S/c1-2-7-11-9(5-1)14-12(15-11)10-6-3-4-8-13-10/h1-2,5,7,10,13H,3-4,6,8H2/p+1/t10-/m0/s1. The van der Waals surface area contributed by atoms with Gasteiger partial charge in [0.2, 0.25) is 0 Å². The monoisotopic (exact) mass is 219 g/mol. The molecule has 0 radical (unpaired) electrons. The summed E-state index contributed by atoms with van der Waals surface area (Å²) in [6, 6.07) is 9.05. The number of quaternary nitrogens is 1. The quantitative estimate of drug-likeness (QED) is 0.782. The number of thiazole rings is 1. The Kier molecular flexibility index (Phi) is 2.43. The molecule has 2 N–H and O–H groups in total. The van der Waals surface area contributed by atoms with E-state index in [0.29, 0.717) is 6.04 Å². The van der Waals surface area contributed by atoms with Gasteiger partial charge >= 0.3 is 0 Å². The van der Waals surface area contributed by atoms with Gasteiger partial charge in [-0.3, -0.25) is 0 Å². The summed E-state index contributed by atoms with van der Waals surface area (Å²) in [5.41, 5.74) is 1.16. The van der Waals surface area contributed by atoms with Gasteiger partial charge < -0.3 is 5.32 Å². The zero-order chi connectivity index (χ0) is 10.1. The second-order valence-corrected chi connectivity index (χ2v) is 5.21. The number of para-hydroxylation sites is 1. The van der Waals surface area contributed by atoms with Crippen LogP contribution in [0.25, 0.3) is 10.2 Å². The summed E-state index contributed by atoms with van der Waals surface area (Å²) in [5, 5.41) is 3.76. The molecule has 1 aromatic heterocycles. The average molecular weight is 219 g/mol. The molecule has 0 aliphatic carbocycles. The fraction of sp³-hybridized carbons (Fsp3) is 0.417. The number of fused-ring (bicyclic) bond motifs is 1. The Morgan fingerprint density at radius 2 is 2.20 bits per heavy atom. The summed E-state index contributed by atoms with van der Waals surface area (Å²) in [4.78, 5) is 4.72. The topological polar surface area (TPSA) is 29.5 Å². The van der Waals surface area contributed by atoms with Crippen molar-refractivity contribution < 1.29 is 5.32 Å². The number of hydrogen-bond acceptors (Lipinski definition) is 2. The lowest BCUT2D eigenvalue weighted by atomic mass is 10.1. The van der Waals surface area contributed by atoms with Crippen LogP contribution < -0.4 is 5.32 Å². The van der Waals surface area contributed by atoms with E-state index in [4.69, 9.17) is 4.98 Å². The van der Waals surface area contributed by atoms with Gasteiger partial charge in [0, 0.05) is 6.42 Å². The van der Waals surface area contributed by atoms with Gasteiger partial charge in [0.15, 0.2) is 5.01 Å². The van der Waals surface area contributed by atoms with Crippen molar-refractivity contribution in [2.24, 2.45) is 0 Å². The van der Waals surface area contributed by atoms with Crippen molar-refractivity contribution in [3.05, 3.63) is 29.3 Å². The first-order valence-corrected chi connectivity index (χ1v) is 6.44. The fourth-order valence-electron chi connectivity index (χ4n) is 2.22. The number of benzene rings is 1. The second kappa shape index (κ2) is 3.91. The van der Waals surface area contributed by atoms with E-state index in [9.17, 15) is 0 Å². The molecule has 0 amide bonds. The van der Waals surface area contributed by atoms with Crippen molar-refractivity contribution >= 4 is 21.6 Å². The lowest BCUT2D eigenvalue weighted by molar-refractivity contribution is -0.704. The van der Waals surface area contributed by atoms with Crippen LogP contribution in [0, 0.1) is 0 Å². The first-order valence-electron chi connectivity index (χ1n) is 5.62. The number of rotatable bonds is 1. The molecule has 3 heteroatoms. The maximum atomic E-state index is 4.72. The van der Waals surface area contributed by atoms with E-state index in [1.54, 1.807) is 0 Å². The van der Waals surface area contributed by atoms with Crippen LogP contribution in [0.4, 0.5) is 0 Å². The van der Waals surface area contributed by atoms with Gasteiger partial charge in [-0.05, 0) is 25.0 Å². The van der Waals surface area contributed by atoms with E-state index >= 15 is 0 Å². The smallest absolute Gasteiger partial charge is 0.151 e. The highest BCUT2D eigenvalue weighted by atomic mass is 32.1. The Labute approximate surface area is 93.3 Å². The number of aromatic nitrogens is 1. The highest BCUT2D eigenvalue weighted by Gasteiger charge is 2.21. The van der Waals surface area contributed by atoms with Gasteiger partial charge in [-0.1, -0.05) is 12.1 Å². The Morgan fingerprint density at radius 3 is 3.00 bits per heavy atom. The highest BCUT2D eigenvalue weighted by molar-refractivity contribution is 7.18. The average Bonchev–Trinajstić information content (AvgIpc) is 2.74. The lowest BCUT2D eigenvalue weighted by Crippen LogP contribution is -2.86. The molecule has 1 aliphatic heterocycles. The van der Waals surface area contributed by atoms with Crippen LogP contribution in [-0.4, -0.2) is 11.5 Å². The fourth-order valence-corrected chi connectivity index (χ4v) is 3.32. The largest absolute Gasteiger partial charge is 0.338 e. The van der Waals surface area contributed by atoms with Gasteiger partial charge in [0.1, 0.15) is 6.04 Å². The molecule has 0 bridgehead atoms. The van der Waals surface area contributed by atoms with Crippen LogP contribution in [0.15, 0.2) is 24.3 Å². The van der Waals surface area contributed by atoms with Crippen molar-refractivity contribution in [2.45, 2.75) is 25.3 Å².